The number of carbonyl (C=O) groups excluding carboxylic acids is 1. The summed E-state index contributed by atoms with van der Waals surface area (Å²) in [5.41, 5.74) is 0. The first-order chi connectivity index (χ1) is 7.97. The third kappa shape index (κ3) is 3.35. The van der Waals surface area contributed by atoms with Gasteiger partial charge in [-0.1, -0.05) is 20.3 Å². The first kappa shape index (κ1) is 13.8. The van der Waals surface area contributed by atoms with E-state index in [0.29, 0.717) is 25.4 Å². The quantitative estimate of drug-likeness (QED) is 0.815. The topological polar surface area (TPSA) is 60.9 Å². The highest BCUT2D eigenvalue weighted by molar-refractivity contribution is 5.83. The molecule has 2 atom stereocenters. The second-order valence-corrected chi connectivity index (χ2v) is 4.87. The second kappa shape index (κ2) is 5.89. The average Bonchev–Trinajstić information content (AvgIpc) is 2.76. The van der Waals surface area contributed by atoms with E-state index in [0.717, 1.165) is 12.8 Å². The lowest BCUT2D eigenvalue weighted by atomic mass is 10.1. The number of carboxylic acid groups (broad SMARTS) is 1. The molecule has 2 amide bonds. The SMILES string of the molecule is CCC(C)CN(C)C(=O)N1CCCC1C(=O)O. The molecule has 0 aromatic rings. The number of aliphatic carboxylic acids is 1. The predicted molar refractivity (Wildman–Crippen MR) is 64.8 cm³/mol. The summed E-state index contributed by atoms with van der Waals surface area (Å²) in [4.78, 5) is 26.2. The zero-order valence-corrected chi connectivity index (χ0v) is 10.8. The van der Waals surface area contributed by atoms with Gasteiger partial charge in [0.15, 0.2) is 0 Å². The van der Waals surface area contributed by atoms with Gasteiger partial charge in [-0.15, -0.1) is 0 Å². The van der Waals surface area contributed by atoms with Crippen LogP contribution in [0.25, 0.3) is 0 Å². The van der Waals surface area contributed by atoms with Crippen molar-refractivity contribution >= 4 is 12.0 Å². The summed E-state index contributed by atoms with van der Waals surface area (Å²) in [5, 5.41) is 9.03. The van der Waals surface area contributed by atoms with Crippen molar-refractivity contribution < 1.29 is 14.7 Å². The van der Waals surface area contributed by atoms with Crippen LogP contribution in [0.2, 0.25) is 0 Å². The Morgan fingerprint density at radius 1 is 1.53 bits per heavy atom. The Balaban J connectivity index is 2.59. The monoisotopic (exact) mass is 242 g/mol. The first-order valence-corrected chi connectivity index (χ1v) is 6.21. The largest absolute Gasteiger partial charge is 0.480 e. The molecule has 1 aliphatic heterocycles. The Bertz CT molecular complexity index is 293. The van der Waals surface area contributed by atoms with Crippen LogP contribution in [-0.4, -0.2) is 53.1 Å². The molecule has 1 heterocycles. The van der Waals surface area contributed by atoms with Gasteiger partial charge in [-0.3, -0.25) is 0 Å². The van der Waals surface area contributed by atoms with Crippen LogP contribution >= 0.6 is 0 Å². The van der Waals surface area contributed by atoms with Crippen LogP contribution in [0.3, 0.4) is 0 Å². The van der Waals surface area contributed by atoms with Crippen molar-refractivity contribution in [3.63, 3.8) is 0 Å². The van der Waals surface area contributed by atoms with Crippen molar-refractivity contribution in [3.8, 4) is 0 Å². The van der Waals surface area contributed by atoms with Gasteiger partial charge in [0.05, 0.1) is 0 Å². The molecule has 17 heavy (non-hydrogen) atoms. The van der Waals surface area contributed by atoms with Crippen molar-refractivity contribution in [1.29, 1.82) is 0 Å². The molecule has 0 aromatic heterocycles. The number of hydrogen-bond donors (Lipinski definition) is 1. The van der Waals surface area contributed by atoms with Gasteiger partial charge < -0.3 is 14.9 Å². The van der Waals surface area contributed by atoms with E-state index in [1.54, 1.807) is 11.9 Å². The number of hydrogen-bond acceptors (Lipinski definition) is 2. The summed E-state index contributed by atoms with van der Waals surface area (Å²) in [5.74, 6) is -0.456. The highest BCUT2D eigenvalue weighted by Crippen LogP contribution is 2.19. The number of rotatable bonds is 4. The van der Waals surface area contributed by atoms with Crippen molar-refractivity contribution in [1.82, 2.24) is 9.80 Å². The van der Waals surface area contributed by atoms with E-state index in [4.69, 9.17) is 5.11 Å². The molecule has 1 aliphatic rings. The molecule has 0 bridgehead atoms. The van der Waals surface area contributed by atoms with Gasteiger partial charge in [0.1, 0.15) is 6.04 Å². The highest BCUT2D eigenvalue weighted by Gasteiger charge is 2.35. The number of nitrogens with zero attached hydrogens (tertiary/aromatic N) is 2. The molecular weight excluding hydrogens is 220 g/mol. The van der Waals surface area contributed by atoms with E-state index in [-0.39, 0.29) is 6.03 Å². The molecule has 0 radical (unpaired) electrons. The van der Waals surface area contributed by atoms with Gasteiger partial charge in [0.2, 0.25) is 0 Å². The molecule has 1 saturated heterocycles. The lowest BCUT2D eigenvalue weighted by Gasteiger charge is -2.29. The highest BCUT2D eigenvalue weighted by atomic mass is 16.4. The minimum Gasteiger partial charge on any atom is -0.480 e. The van der Waals surface area contributed by atoms with Crippen LogP contribution in [0.1, 0.15) is 33.1 Å². The van der Waals surface area contributed by atoms with E-state index in [9.17, 15) is 9.59 Å². The maximum Gasteiger partial charge on any atom is 0.326 e. The van der Waals surface area contributed by atoms with E-state index in [1.165, 1.54) is 4.90 Å². The first-order valence-electron chi connectivity index (χ1n) is 6.21. The number of likely N-dealkylation sites (tertiary alicyclic amines) is 1. The van der Waals surface area contributed by atoms with Gasteiger partial charge in [-0.2, -0.15) is 0 Å². The zero-order valence-electron chi connectivity index (χ0n) is 10.8. The molecule has 0 saturated carbocycles. The van der Waals surface area contributed by atoms with Crippen molar-refractivity contribution in [2.45, 2.75) is 39.2 Å². The van der Waals surface area contributed by atoms with Gasteiger partial charge in [-0.05, 0) is 18.8 Å². The van der Waals surface area contributed by atoms with Gasteiger partial charge in [0.25, 0.3) is 0 Å². The van der Waals surface area contributed by atoms with Crippen LogP contribution < -0.4 is 0 Å². The fraction of sp³-hybridized carbons (Fsp3) is 0.833. The number of carboxylic acids is 1. The Kier molecular flexibility index (Phi) is 4.78. The summed E-state index contributed by atoms with van der Waals surface area (Å²) in [6.07, 6.45) is 2.36. The third-order valence-corrected chi connectivity index (χ3v) is 3.39. The van der Waals surface area contributed by atoms with Crippen molar-refractivity contribution in [2.75, 3.05) is 20.1 Å². The third-order valence-electron chi connectivity index (χ3n) is 3.39. The number of urea groups is 1. The number of carbonyl (C=O) groups is 2. The molecular formula is C12H22N2O3. The Labute approximate surface area is 102 Å². The van der Waals surface area contributed by atoms with E-state index < -0.39 is 12.0 Å². The minimum atomic E-state index is -0.896. The normalized spacial score (nSPS) is 21.4. The summed E-state index contributed by atoms with van der Waals surface area (Å²) < 4.78 is 0. The summed E-state index contributed by atoms with van der Waals surface area (Å²) in [6.45, 7) is 5.40. The molecule has 1 N–H and O–H groups in total. The average molecular weight is 242 g/mol. The fourth-order valence-electron chi connectivity index (χ4n) is 2.15. The minimum absolute atomic E-state index is 0.157. The Hall–Kier alpha value is -1.26. The fourth-order valence-corrected chi connectivity index (χ4v) is 2.15. The molecule has 0 spiro atoms. The van der Waals surface area contributed by atoms with Crippen LogP contribution in [0.5, 0.6) is 0 Å². The van der Waals surface area contributed by atoms with E-state index in [2.05, 4.69) is 13.8 Å². The molecule has 2 unspecified atom stereocenters. The Morgan fingerprint density at radius 3 is 2.71 bits per heavy atom. The molecule has 5 nitrogen and oxygen atoms in total. The summed E-state index contributed by atoms with van der Waals surface area (Å²) in [7, 11) is 1.74. The van der Waals surface area contributed by atoms with Crippen molar-refractivity contribution in [3.05, 3.63) is 0 Å². The molecule has 1 fully saturated rings. The van der Waals surface area contributed by atoms with Crippen LogP contribution in [0.15, 0.2) is 0 Å². The maximum atomic E-state index is 12.1. The smallest absolute Gasteiger partial charge is 0.326 e. The van der Waals surface area contributed by atoms with Crippen molar-refractivity contribution in [2.24, 2.45) is 5.92 Å². The Morgan fingerprint density at radius 2 is 2.18 bits per heavy atom. The van der Waals surface area contributed by atoms with E-state index >= 15 is 0 Å². The van der Waals surface area contributed by atoms with Crippen LogP contribution in [0, 0.1) is 5.92 Å². The maximum absolute atomic E-state index is 12.1. The van der Waals surface area contributed by atoms with Gasteiger partial charge in [0, 0.05) is 20.1 Å². The second-order valence-electron chi connectivity index (χ2n) is 4.87. The van der Waals surface area contributed by atoms with Gasteiger partial charge in [-0.25, -0.2) is 9.59 Å². The standard InChI is InChI=1S/C12H22N2O3/c1-4-9(2)8-13(3)12(17)14-7-5-6-10(14)11(15)16/h9-10H,4-8H2,1-3H3,(H,15,16). The molecule has 0 aromatic carbocycles. The summed E-state index contributed by atoms with van der Waals surface area (Å²) >= 11 is 0. The van der Waals surface area contributed by atoms with Crippen LogP contribution in [0.4, 0.5) is 4.79 Å². The van der Waals surface area contributed by atoms with Gasteiger partial charge >= 0.3 is 12.0 Å². The molecule has 0 aliphatic carbocycles. The molecule has 1 rings (SSSR count). The van der Waals surface area contributed by atoms with Crippen LogP contribution in [-0.2, 0) is 4.79 Å². The molecule has 5 heteroatoms. The lowest BCUT2D eigenvalue weighted by molar-refractivity contribution is -0.141. The lowest BCUT2D eigenvalue weighted by Crippen LogP contribution is -2.47. The summed E-state index contributed by atoms with van der Waals surface area (Å²) in [6, 6.07) is -0.794. The zero-order chi connectivity index (χ0) is 13.0. The predicted octanol–water partition coefficient (Wildman–Crippen LogP) is 1.63. The van der Waals surface area contributed by atoms with E-state index in [1.807, 2.05) is 0 Å². The molecule has 98 valence electrons. The number of amides is 2.